The lowest BCUT2D eigenvalue weighted by Crippen LogP contribution is -2.30. The number of ether oxygens (including phenoxy) is 1. The first kappa shape index (κ1) is 15.4. The highest BCUT2D eigenvalue weighted by Gasteiger charge is 2.12. The number of amides is 1. The van der Waals surface area contributed by atoms with Crippen LogP contribution < -0.4 is 10.6 Å². The van der Waals surface area contributed by atoms with E-state index in [2.05, 4.69) is 10.6 Å². The van der Waals surface area contributed by atoms with Gasteiger partial charge in [0.1, 0.15) is 5.02 Å². The smallest absolute Gasteiger partial charge is 0.288 e. The van der Waals surface area contributed by atoms with Crippen LogP contribution in [0.15, 0.2) is 18.2 Å². The Labute approximate surface area is 115 Å². The molecular weight excluding hydrogens is 274 g/mol. The number of carbonyl (C=O) groups excluding carboxylic acids is 1. The summed E-state index contributed by atoms with van der Waals surface area (Å²) in [4.78, 5) is 21.5. The van der Waals surface area contributed by atoms with Gasteiger partial charge in [-0.3, -0.25) is 14.9 Å². The van der Waals surface area contributed by atoms with Crippen molar-refractivity contribution in [2.75, 3.05) is 32.1 Å². The summed E-state index contributed by atoms with van der Waals surface area (Å²) in [6, 6.07) is 4.01. The topological polar surface area (TPSA) is 93.5 Å². The monoisotopic (exact) mass is 287 g/mol. The molecule has 0 saturated carbocycles. The van der Waals surface area contributed by atoms with Gasteiger partial charge in [-0.15, -0.1) is 0 Å². The summed E-state index contributed by atoms with van der Waals surface area (Å²) in [5.74, 6) is -0.263. The first-order valence-corrected chi connectivity index (χ1v) is 5.86. The normalized spacial score (nSPS) is 10.2. The molecule has 1 rings (SSSR count). The lowest BCUT2D eigenvalue weighted by molar-refractivity contribution is -0.384. The number of halogens is 1. The van der Waals surface area contributed by atoms with E-state index >= 15 is 0 Å². The first-order valence-electron chi connectivity index (χ1n) is 5.48. The highest BCUT2D eigenvalue weighted by molar-refractivity contribution is 6.33. The van der Waals surface area contributed by atoms with Crippen molar-refractivity contribution in [3.63, 3.8) is 0 Å². The van der Waals surface area contributed by atoms with Crippen molar-refractivity contribution in [1.82, 2.24) is 5.32 Å². The lowest BCUT2D eigenvalue weighted by Gasteiger charge is -2.06. The van der Waals surface area contributed by atoms with Crippen molar-refractivity contribution in [2.45, 2.75) is 0 Å². The number of carbonyl (C=O) groups is 1. The number of nitro benzene ring substituents is 1. The molecule has 104 valence electrons. The molecule has 0 aliphatic rings. The van der Waals surface area contributed by atoms with Gasteiger partial charge >= 0.3 is 0 Å². The molecule has 0 fully saturated rings. The second kappa shape index (κ2) is 7.67. The third kappa shape index (κ3) is 5.21. The van der Waals surface area contributed by atoms with Crippen LogP contribution in [0.3, 0.4) is 0 Å². The van der Waals surface area contributed by atoms with Crippen LogP contribution in [-0.2, 0) is 9.53 Å². The molecule has 0 aliphatic carbocycles. The largest absolute Gasteiger partial charge is 0.383 e. The molecule has 0 bridgehead atoms. The van der Waals surface area contributed by atoms with Gasteiger partial charge in [-0.2, -0.15) is 0 Å². The quantitative estimate of drug-likeness (QED) is 0.449. The molecule has 0 unspecified atom stereocenters. The highest BCUT2D eigenvalue weighted by Crippen LogP contribution is 2.26. The predicted molar refractivity (Wildman–Crippen MR) is 71.5 cm³/mol. The molecule has 0 atom stereocenters. The fraction of sp³-hybridized carbons (Fsp3) is 0.364. The number of nitrogens with zero attached hydrogens (tertiary/aromatic N) is 1. The Balaban J connectivity index is 2.51. The SMILES string of the molecule is COCCNCC(=O)Nc1ccc([N+](=O)[O-])c(Cl)c1. The second-order valence-corrected chi connectivity index (χ2v) is 4.05. The van der Waals surface area contributed by atoms with Crippen molar-refractivity contribution in [1.29, 1.82) is 0 Å². The molecule has 0 aliphatic heterocycles. The van der Waals surface area contributed by atoms with E-state index in [0.717, 1.165) is 0 Å². The Morgan fingerprint density at radius 1 is 1.53 bits per heavy atom. The average Bonchev–Trinajstić information content (AvgIpc) is 2.34. The van der Waals surface area contributed by atoms with Gasteiger partial charge in [-0.1, -0.05) is 11.6 Å². The minimum absolute atomic E-state index is 0.0184. The molecule has 1 aromatic carbocycles. The second-order valence-electron chi connectivity index (χ2n) is 3.64. The Morgan fingerprint density at radius 3 is 2.84 bits per heavy atom. The summed E-state index contributed by atoms with van der Waals surface area (Å²) in [5.41, 5.74) is 0.215. The number of benzene rings is 1. The minimum atomic E-state index is -0.583. The minimum Gasteiger partial charge on any atom is -0.383 e. The van der Waals surface area contributed by atoms with E-state index in [9.17, 15) is 14.9 Å². The van der Waals surface area contributed by atoms with Gasteiger partial charge in [0.15, 0.2) is 0 Å². The Morgan fingerprint density at radius 2 is 2.26 bits per heavy atom. The Hall–Kier alpha value is -1.70. The van der Waals surface area contributed by atoms with Gasteiger partial charge in [0, 0.05) is 25.4 Å². The number of hydrogen-bond acceptors (Lipinski definition) is 5. The van der Waals surface area contributed by atoms with Gasteiger partial charge in [0.05, 0.1) is 18.1 Å². The molecule has 0 radical (unpaired) electrons. The Kier molecular flexibility index (Phi) is 6.20. The molecule has 19 heavy (non-hydrogen) atoms. The van der Waals surface area contributed by atoms with Crippen molar-refractivity contribution >= 4 is 28.9 Å². The molecule has 1 aromatic rings. The van der Waals surface area contributed by atoms with Crippen LogP contribution in [0, 0.1) is 10.1 Å². The zero-order chi connectivity index (χ0) is 14.3. The van der Waals surface area contributed by atoms with E-state index in [1.165, 1.54) is 18.2 Å². The molecular formula is C11H14ClN3O4. The Bertz CT molecular complexity index is 467. The van der Waals surface area contributed by atoms with Crippen molar-refractivity contribution in [2.24, 2.45) is 0 Å². The number of nitro groups is 1. The lowest BCUT2D eigenvalue weighted by atomic mass is 10.3. The van der Waals surface area contributed by atoms with Crippen molar-refractivity contribution < 1.29 is 14.5 Å². The summed E-state index contributed by atoms with van der Waals surface area (Å²) >= 11 is 5.73. The molecule has 1 amide bonds. The van der Waals surface area contributed by atoms with Crippen LogP contribution >= 0.6 is 11.6 Å². The van der Waals surface area contributed by atoms with E-state index < -0.39 is 4.92 Å². The standard InChI is InChI=1S/C11H14ClN3O4/c1-19-5-4-13-7-11(16)14-8-2-3-10(15(17)18)9(12)6-8/h2-3,6,13H,4-5,7H2,1H3,(H,14,16). The summed E-state index contributed by atoms with van der Waals surface area (Å²) in [6.45, 7) is 1.19. The van der Waals surface area contributed by atoms with E-state index in [0.29, 0.717) is 18.8 Å². The summed E-state index contributed by atoms with van der Waals surface area (Å²) in [5, 5.41) is 16.0. The predicted octanol–water partition coefficient (Wildman–Crippen LogP) is 1.42. The van der Waals surface area contributed by atoms with Gasteiger partial charge in [-0.05, 0) is 12.1 Å². The van der Waals surface area contributed by atoms with Crippen LogP contribution in [0.5, 0.6) is 0 Å². The number of methoxy groups -OCH3 is 1. The van der Waals surface area contributed by atoms with E-state index in [1.807, 2.05) is 0 Å². The highest BCUT2D eigenvalue weighted by atomic mass is 35.5. The van der Waals surface area contributed by atoms with Crippen LogP contribution in [0.2, 0.25) is 5.02 Å². The number of nitrogens with one attached hydrogen (secondary N) is 2. The molecule has 0 spiro atoms. The van der Waals surface area contributed by atoms with Crippen LogP contribution in [-0.4, -0.2) is 37.6 Å². The van der Waals surface area contributed by atoms with E-state index in [-0.39, 0.29) is 23.2 Å². The molecule has 2 N–H and O–H groups in total. The maximum absolute atomic E-state index is 11.5. The van der Waals surface area contributed by atoms with E-state index in [4.69, 9.17) is 16.3 Å². The van der Waals surface area contributed by atoms with Gasteiger partial charge in [0.2, 0.25) is 5.91 Å². The molecule has 0 heterocycles. The average molecular weight is 288 g/mol. The third-order valence-corrected chi connectivity index (χ3v) is 2.50. The van der Waals surface area contributed by atoms with Gasteiger partial charge < -0.3 is 15.4 Å². The fourth-order valence-corrected chi connectivity index (χ4v) is 1.56. The third-order valence-electron chi connectivity index (χ3n) is 2.20. The molecule has 0 aromatic heterocycles. The van der Waals surface area contributed by atoms with Crippen LogP contribution in [0.25, 0.3) is 0 Å². The van der Waals surface area contributed by atoms with Crippen LogP contribution in [0.4, 0.5) is 11.4 Å². The van der Waals surface area contributed by atoms with Gasteiger partial charge in [-0.25, -0.2) is 0 Å². The first-order chi connectivity index (χ1) is 9.04. The number of rotatable bonds is 7. The van der Waals surface area contributed by atoms with Crippen LogP contribution in [0.1, 0.15) is 0 Å². The fourth-order valence-electron chi connectivity index (χ4n) is 1.31. The zero-order valence-corrected chi connectivity index (χ0v) is 11.1. The van der Waals surface area contributed by atoms with Crippen molar-refractivity contribution in [3.8, 4) is 0 Å². The molecule has 0 saturated heterocycles. The van der Waals surface area contributed by atoms with Gasteiger partial charge in [0.25, 0.3) is 5.69 Å². The maximum Gasteiger partial charge on any atom is 0.288 e. The summed E-state index contributed by atoms with van der Waals surface area (Å²) < 4.78 is 4.82. The zero-order valence-electron chi connectivity index (χ0n) is 10.3. The van der Waals surface area contributed by atoms with Crippen molar-refractivity contribution in [3.05, 3.63) is 33.3 Å². The summed E-state index contributed by atoms with van der Waals surface area (Å²) in [7, 11) is 1.57. The molecule has 8 heteroatoms. The molecule has 7 nitrogen and oxygen atoms in total. The maximum atomic E-state index is 11.5. The van der Waals surface area contributed by atoms with E-state index in [1.54, 1.807) is 7.11 Å². The summed E-state index contributed by atoms with van der Waals surface area (Å²) in [6.07, 6.45) is 0. The number of anilines is 1. The number of hydrogen-bond donors (Lipinski definition) is 2.